The van der Waals surface area contributed by atoms with Gasteiger partial charge in [0.15, 0.2) is 5.69 Å². The van der Waals surface area contributed by atoms with E-state index in [1.165, 1.54) is 4.90 Å². The number of aliphatic hydroxyl groups excluding tert-OH is 1. The van der Waals surface area contributed by atoms with Gasteiger partial charge in [-0.2, -0.15) is 5.10 Å². The number of hydrogen-bond donors (Lipinski definition) is 1. The molecule has 0 atom stereocenters. The maximum absolute atomic E-state index is 12.3. The van der Waals surface area contributed by atoms with E-state index in [4.69, 9.17) is 0 Å². The van der Waals surface area contributed by atoms with Crippen molar-refractivity contribution in [3.63, 3.8) is 0 Å². The Morgan fingerprint density at radius 1 is 1.30 bits per heavy atom. The molecule has 1 amide bonds. The van der Waals surface area contributed by atoms with Gasteiger partial charge in [0.25, 0.3) is 5.91 Å². The minimum Gasteiger partial charge on any atom is -0.394 e. The molecule has 0 radical (unpaired) electrons. The molecule has 0 aliphatic heterocycles. The number of aliphatic hydroxyl groups is 1. The van der Waals surface area contributed by atoms with Gasteiger partial charge >= 0.3 is 0 Å². The third-order valence-electron chi connectivity index (χ3n) is 3.43. The fourth-order valence-electron chi connectivity index (χ4n) is 1.72. The van der Waals surface area contributed by atoms with E-state index in [0.29, 0.717) is 5.69 Å². The molecule has 2 aromatic rings. The van der Waals surface area contributed by atoms with Gasteiger partial charge in [0, 0.05) is 13.2 Å². The van der Waals surface area contributed by atoms with Crippen LogP contribution in [0.25, 0.3) is 5.69 Å². The predicted octanol–water partition coefficient (Wildman–Crippen LogP) is 1.72. The molecule has 0 saturated heterocycles. The molecule has 2 rings (SSSR count). The lowest BCUT2D eigenvalue weighted by atomic mass is 10.0. The number of benzene rings is 1. The van der Waals surface area contributed by atoms with Gasteiger partial charge in [-0.3, -0.25) is 4.79 Å². The highest BCUT2D eigenvalue weighted by Gasteiger charge is 2.28. The van der Waals surface area contributed by atoms with E-state index < -0.39 is 5.54 Å². The maximum atomic E-state index is 12.3. The summed E-state index contributed by atoms with van der Waals surface area (Å²) in [5.74, 6) is -0.210. The molecule has 0 bridgehead atoms. The average molecular weight is 273 g/mol. The third kappa shape index (κ3) is 2.72. The first-order valence-electron chi connectivity index (χ1n) is 6.46. The van der Waals surface area contributed by atoms with Crippen LogP contribution in [0.3, 0.4) is 0 Å². The van der Waals surface area contributed by atoms with E-state index in [0.717, 1.165) is 5.69 Å². The van der Waals surface area contributed by atoms with Crippen LogP contribution in [0, 0.1) is 0 Å². The highest BCUT2D eigenvalue weighted by molar-refractivity contribution is 5.92. The van der Waals surface area contributed by atoms with Gasteiger partial charge < -0.3 is 10.0 Å². The number of carbonyl (C=O) groups is 1. The van der Waals surface area contributed by atoms with E-state index >= 15 is 0 Å². The second-order valence-corrected chi connectivity index (χ2v) is 5.32. The first kappa shape index (κ1) is 14.3. The normalized spacial score (nSPS) is 11.4. The second-order valence-electron chi connectivity index (χ2n) is 5.32. The first-order valence-corrected chi connectivity index (χ1v) is 6.46. The quantitative estimate of drug-likeness (QED) is 0.922. The minimum absolute atomic E-state index is 0.103. The van der Waals surface area contributed by atoms with Crippen molar-refractivity contribution in [3.05, 3.63) is 48.3 Å². The molecule has 0 unspecified atom stereocenters. The van der Waals surface area contributed by atoms with Crippen molar-refractivity contribution in [2.24, 2.45) is 0 Å². The number of hydrogen-bond acceptors (Lipinski definition) is 3. The number of para-hydroxylation sites is 1. The number of amides is 1. The molecule has 0 spiro atoms. The van der Waals surface area contributed by atoms with Gasteiger partial charge in [-0.1, -0.05) is 18.2 Å². The standard InChI is InChI=1S/C15H19N3O2/c1-15(2,11-19)17(3)14(20)13-9-10-18(16-13)12-7-5-4-6-8-12/h4-10,19H,11H2,1-3H3. The molecule has 1 heterocycles. The summed E-state index contributed by atoms with van der Waals surface area (Å²) in [5.41, 5.74) is 0.640. The van der Waals surface area contributed by atoms with Crippen molar-refractivity contribution in [1.82, 2.24) is 14.7 Å². The molecule has 0 fully saturated rings. The van der Waals surface area contributed by atoms with Crippen molar-refractivity contribution in [2.75, 3.05) is 13.7 Å². The Labute approximate surface area is 118 Å². The van der Waals surface area contributed by atoms with Gasteiger partial charge in [-0.05, 0) is 32.0 Å². The molecule has 0 saturated carbocycles. The first-order chi connectivity index (χ1) is 9.45. The number of carbonyl (C=O) groups excluding carboxylic acids is 1. The lowest BCUT2D eigenvalue weighted by Gasteiger charge is -2.33. The Hall–Kier alpha value is -2.14. The molecule has 0 aliphatic carbocycles. The van der Waals surface area contributed by atoms with Crippen LogP contribution in [0.5, 0.6) is 0 Å². The fourth-order valence-corrected chi connectivity index (χ4v) is 1.72. The zero-order valence-corrected chi connectivity index (χ0v) is 11.9. The van der Waals surface area contributed by atoms with Crippen LogP contribution in [0.15, 0.2) is 42.6 Å². The van der Waals surface area contributed by atoms with Crippen LogP contribution in [-0.4, -0.2) is 44.9 Å². The maximum Gasteiger partial charge on any atom is 0.274 e. The van der Waals surface area contributed by atoms with Crippen LogP contribution in [0.2, 0.25) is 0 Å². The van der Waals surface area contributed by atoms with Gasteiger partial charge in [-0.25, -0.2) is 4.68 Å². The Morgan fingerprint density at radius 2 is 1.95 bits per heavy atom. The summed E-state index contributed by atoms with van der Waals surface area (Å²) in [4.78, 5) is 13.8. The molecule has 5 heteroatoms. The Balaban J connectivity index is 2.23. The molecule has 1 aromatic carbocycles. The molecule has 1 N–H and O–H groups in total. The van der Waals surface area contributed by atoms with E-state index in [1.807, 2.05) is 30.3 Å². The zero-order valence-electron chi connectivity index (χ0n) is 11.9. The van der Waals surface area contributed by atoms with Crippen LogP contribution < -0.4 is 0 Å². The summed E-state index contributed by atoms with van der Waals surface area (Å²) in [6, 6.07) is 11.3. The SMILES string of the molecule is CN(C(=O)c1ccn(-c2ccccc2)n1)C(C)(C)CO. The van der Waals surface area contributed by atoms with Crippen LogP contribution in [-0.2, 0) is 0 Å². The van der Waals surface area contributed by atoms with E-state index in [2.05, 4.69) is 5.10 Å². The monoisotopic (exact) mass is 273 g/mol. The molecule has 106 valence electrons. The van der Waals surface area contributed by atoms with Gasteiger partial charge in [0.05, 0.1) is 17.8 Å². The summed E-state index contributed by atoms with van der Waals surface area (Å²) in [6.07, 6.45) is 1.75. The van der Waals surface area contributed by atoms with Crippen LogP contribution in [0.4, 0.5) is 0 Å². The Morgan fingerprint density at radius 3 is 2.55 bits per heavy atom. The Bertz CT molecular complexity index is 590. The Kier molecular flexibility index (Phi) is 3.90. The topological polar surface area (TPSA) is 58.4 Å². The highest BCUT2D eigenvalue weighted by Crippen LogP contribution is 2.15. The summed E-state index contributed by atoms with van der Waals surface area (Å²) in [5, 5.41) is 13.6. The third-order valence-corrected chi connectivity index (χ3v) is 3.43. The molecule has 1 aromatic heterocycles. The summed E-state index contributed by atoms with van der Waals surface area (Å²) >= 11 is 0. The van der Waals surface area contributed by atoms with E-state index in [1.54, 1.807) is 37.8 Å². The van der Waals surface area contributed by atoms with E-state index in [9.17, 15) is 9.90 Å². The zero-order chi connectivity index (χ0) is 14.8. The van der Waals surface area contributed by atoms with Crippen LogP contribution >= 0.6 is 0 Å². The fraction of sp³-hybridized carbons (Fsp3) is 0.333. The van der Waals surface area contributed by atoms with Crippen molar-refractivity contribution in [2.45, 2.75) is 19.4 Å². The number of likely N-dealkylation sites (N-methyl/N-ethyl adjacent to an activating group) is 1. The lowest BCUT2D eigenvalue weighted by molar-refractivity contribution is 0.0467. The van der Waals surface area contributed by atoms with Crippen LogP contribution in [0.1, 0.15) is 24.3 Å². The minimum atomic E-state index is -0.617. The van der Waals surface area contributed by atoms with Crippen molar-refractivity contribution >= 4 is 5.91 Å². The molecular formula is C15H19N3O2. The number of nitrogens with zero attached hydrogens (tertiary/aromatic N) is 3. The molecule has 0 aliphatic rings. The van der Waals surface area contributed by atoms with E-state index in [-0.39, 0.29) is 12.5 Å². The molecular weight excluding hydrogens is 254 g/mol. The number of rotatable bonds is 4. The van der Waals surface area contributed by atoms with Gasteiger partial charge in [0.2, 0.25) is 0 Å². The molecule has 20 heavy (non-hydrogen) atoms. The van der Waals surface area contributed by atoms with Crippen molar-refractivity contribution in [3.8, 4) is 5.69 Å². The average Bonchev–Trinajstić information content (AvgIpc) is 2.96. The van der Waals surface area contributed by atoms with Gasteiger partial charge in [0.1, 0.15) is 0 Å². The lowest BCUT2D eigenvalue weighted by Crippen LogP contribution is -2.47. The summed E-state index contributed by atoms with van der Waals surface area (Å²) < 4.78 is 1.66. The number of aromatic nitrogens is 2. The summed E-state index contributed by atoms with van der Waals surface area (Å²) in [6.45, 7) is 3.51. The summed E-state index contributed by atoms with van der Waals surface area (Å²) in [7, 11) is 1.67. The van der Waals surface area contributed by atoms with Crippen molar-refractivity contribution < 1.29 is 9.90 Å². The van der Waals surface area contributed by atoms with Crippen molar-refractivity contribution in [1.29, 1.82) is 0 Å². The van der Waals surface area contributed by atoms with Gasteiger partial charge in [-0.15, -0.1) is 0 Å². The smallest absolute Gasteiger partial charge is 0.274 e. The second kappa shape index (κ2) is 5.46. The largest absolute Gasteiger partial charge is 0.394 e. The predicted molar refractivity (Wildman–Crippen MR) is 76.8 cm³/mol. The molecule has 5 nitrogen and oxygen atoms in total. The highest BCUT2D eigenvalue weighted by atomic mass is 16.3.